The summed E-state index contributed by atoms with van der Waals surface area (Å²) in [4.78, 5) is 1.35. The minimum atomic E-state index is 0.270. The Morgan fingerprint density at radius 1 is 1.11 bits per heavy atom. The van der Waals surface area contributed by atoms with Crippen LogP contribution in [0.5, 0.6) is 11.5 Å². The molecule has 0 fully saturated rings. The number of hydrogen-bond donors (Lipinski definition) is 1. The number of fused-ring (bicyclic) bond motifs is 1. The van der Waals surface area contributed by atoms with E-state index in [1.807, 2.05) is 6.07 Å². The molecule has 19 heavy (non-hydrogen) atoms. The molecule has 1 aliphatic rings. The Balaban J connectivity index is 1.72. The van der Waals surface area contributed by atoms with Crippen molar-refractivity contribution in [3.05, 3.63) is 46.2 Å². The lowest BCUT2D eigenvalue weighted by Gasteiger charge is -2.19. The number of rotatable bonds is 4. The highest BCUT2D eigenvalue weighted by atomic mass is 32.1. The highest BCUT2D eigenvalue weighted by Gasteiger charge is 2.17. The van der Waals surface area contributed by atoms with Crippen LogP contribution in [-0.2, 0) is 0 Å². The van der Waals surface area contributed by atoms with Gasteiger partial charge in [-0.3, -0.25) is 0 Å². The first-order valence-corrected chi connectivity index (χ1v) is 7.31. The second kappa shape index (κ2) is 5.23. The Bertz CT molecular complexity index is 553. The Morgan fingerprint density at radius 2 is 1.95 bits per heavy atom. The molecule has 0 amide bonds. The van der Waals surface area contributed by atoms with Crippen LogP contribution in [0, 0.1) is 0 Å². The third kappa shape index (κ3) is 2.60. The van der Waals surface area contributed by atoms with E-state index >= 15 is 0 Å². The van der Waals surface area contributed by atoms with Crippen LogP contribution >= 0.6 is 11.3 Å². The molecule has 0 bridgehead atoms. The number of hydrogen-bond acceptors (Lipinski definition) is 4. The van der Waals surface area contributed by atoms with Gasteiger partial charge in [0.15, 0.2) is 11.5 Å². The number of ether oxygens (including phenoxy) is 2. The van der Waals surface area contributed by atoms with Gasteiger partial charge in [0, 0.05) is 17.0 Å². The van der Waals surface area contributed by atoms with E-state index in [9.17, 15) is 0 Å². The van der Waals surface area contributed by atoms with E-state index in [1.165, 1.54) is 10.4 Å². The molecule has 1 aromatic heterocycles. The van der Waals surface area contributed by atoms with Gasteiger partial charge in [-0.2, -0.15) is 0 Å². The lowest BCUT2D eigenvalue weighted by molar-refractivity contribution is 0.174. The highest BCUT2D eigenvalue weighted by molar-refractivity contribution is 7.10. The standard InChI is InChI=1S/C15H17NO2S/c1-10(16-11(2)15-4-3-7-19-15)12-5-6-13-14(8-12)18-9-17-13/h3-8,10-11,16H,9H2,1-2H3/t10?,11-/m1/s1. The van der Waals surface area contributed by atoms with Gasteiger partial charge in [-0.05, 0) is 43.0 Å². The van der Waals surface area contributed by atoms with E-state index < -0.39 is 0 Å². The molecule has 0 spiro atoms. The molecule has 1 N–H and O–H groups in total. The van der Waals surface area contributed by atoms with Gasteiger partial charge in [0.05, 0.1) is 0 Å². The molecule has 1 aromatic carbocycles. The van der Waals surface area contributed by atoms with Crippen molar-refractivity contribution in [1.29, 1.82) is 0 Å². The van der Waals surface area contributed by atoms with E-state index in [0.29, 0.717) is 12.8 Å². The van der Waals surface area contributed by atoms with Gasteiger partial charge < -0.3 is 14.8 Å². The fourth-order valence-electron chi connectivity index (χ4n) is 2.27. The minimum absolute atomic E-state index is 0.270. The van der Waals surface area contributed by atoms with Crippen LogP contribution in [0.3, 0.4) is 0 Å². The first-order valence-electron chi connectivity index (χ1n) is 6.43. The van der Waals surface area contributed by atoms with Crippen molar-refractivity contribution < 1.29 is 9.47 Å². The summed E-state index contributed by atoms with van der Waals surface area (Å²) in [5.41, 5.74) is 1.22. The molecule has 0 aliphatic carbocycles. The van der Waals surface area contributed by atoms with Gasteiger partial charge in [0.25, 0.3) is 0 Å². The minimum Gasteiger partial charge on any atom is -0.454 e. The molecule has 100 valence electrons. The zero-order valence-corrected chi connectivity index (χ0v) is 11.9. The van der Waals surface area contributed by atoms with Gasteiger partial charge in [-0.25, -0.2) is 0 Å². The van der Waals surface area contributed by atoms with Crippen molar-refractivity contribution in [1.82, 2.24) is 5.32 Å². The van der Waals surface area contributed by atoms with Crippen LogP contribution in [0.1, 0.15) is 36.4 Å². The van der Waals surface area contributed by atoms with Gasteiger partial charge in [-0.15, -0.1) is 11.3 Å². The summed E-state index contributed by atoms with van der Waals surface area (Å²) in [7, 11) is 0. The second-order valence-corrected chi connectivity index (χ2v) is 5.72. The molecule has 1 aliphatic heterocycles. The highest BCUT2D eigenvalue weighted by Crippen LogP contribution is 2.34. The lowest BCUT2D eigenvalue weighted by Crippen LogP contribution is -2.21. The maximum Gasteiger partial charge on any atom is 0.231 e. The van der Waals surface area contributed by atoms with Gasteiger partial charge in [0.2, 0.25) is 6.79 Å². The third-order valence-electron chi connectivity index (χ3n) is 3.37. The molecule has 0 saturated carbocycles. The maximum atomic E-state index is 5.42. The molecule has 3 rings (SSSR count). The van der Waals surface area contributed by atoms with E-state index in [0.717, 1.165) is 11.5 Å². The SMILES string of the molecule is CC(N[C@H](C)c1cccs1)c1ccc2c(c1)OCO2. The summed E-state index contributed by atoms with van der Waals surface area (Å²) in [6, 6.07) is 11.0. The molecule has 4 heteroatoms. The Morgan fingerprint density at radius 3 is 2.74 bits per heavy atom. The number of thiophene rings is 1. The summed E-state index contributed by atoms with van der Waals surface area (Å²) in [5.74, 6) is 1.68. The van der Waals surface area contributed by atoms with Crippen molar-refractivity contribution in [3.63, 3.8) is 0 Å². The first-order chi connectivity index (χ1) is 9.24. The molecule has 2 atom stereocenters. The fourth-order valence-corrected chi connectivity index (χ4v) is 3.02. The topological polar surface area (TPSA) is 30.5 Å². The number of benzene rings is 1. The smallest absolute Gasteiger partial charge is 0.231 e. The van der Waals surface area contributed by atoms with Crippen molar-refractivity contribution >= 4 is 11.3 Å². The summed E-state index contributed by atoms with van der Waals surface area (Å²) in [5, 5.41) is 5.71. The normalized spacial score (nSPS) is 16.3. The van der Waals surface area contributed by atoms with Crippen LogP contribution in [0.15, 0.2) is 35.7 Å². The van der Waals surface area contributed by atoms with E-state index in [-0.39, 0.29) is 6.04 Å². The molecule has 0 saturated heterocycles. The van der Waals surface area contributed by atoms with E-state index in [2.05, 4.69) is 48.8 Å². The van der Waals surface area contributed by atoms with Crippen LogP contribution in [0.2, 0.25) is 0 Å². The third-order valence-corrected chi connectivity index (χ3v) is 4.42. The summed E-state index contributed by atoms with van der Waals surface area (Å²) in [6.45, 7) is 4.68. The Kier molecular flexibility index (Phi) is 3.44. The average molecular weight is 275 g/mol. The molecule has 2 aromatic rings. The van der Waals surface area contributed by atoms with Crippen LogP contribution < -0.4 is 14.8 Å². The predicted molar refractivity (Wildman–Crippen MR) is 76.8 cm³/mol. The molecule has 3 nitrogen and oxygen atoms in total. The van der Waals surface area contributed by atoms with Crippen molar-refractivity contribution in [2.45, 2.75) is 25.9 Å². The van der Waals surface area contributed by atoms with E-state index in [4.69, 9.17) is 9.47 Å². The zero-order valence-electron chi connectivity index (χ0n) is 11.1. The summed E-state index contributed by atoms with van der Waals surface area (Å²) in [6.07, 6.45) is 0. The monoisotopic (exact) mass is 275 g/mol. The summed E-state index contributed by atoms with van der Waals surface area (Å²) < 4.78 is 10.8. The largest absolute Gasteiger partial charge is 0.454 e. The van der Waals surface area contributed by atoms with Gasteiger partial charge >= 0.3 is 0 Å². The molecular formula is C15H17NO2S. The average Bonchev–Trinajstić information content (AvgIpc) is 3.09. The van der Waals surface area contributed by atoms with Gasteiger partial charge in [0.1, 0.15) is 0 Å². The maximum absolute atomic E-state index is 5.42. The van der Waals surface area contributed by atoms with Gasteiger partial charge in [-0.1, -0.05) is 12.1 Å². The number of nitrogens with one attached hydrogen (secondary N) is 1. The van der Waals surface area contributed by atoms with Crippen molar-refractivity contribution in [3.8, 4) is 11.5 Å². The van der Waals surface area contributed by atoms with Crippen molar-refractivity contribution in [2.75, 3.05) is 6.79 Å². The fraction of sp³-hybridized carbons (Fsp3) is 0.333. The molecule has 2 heterocycles. The second-order valence-electron chi connectivity index (χ2n) is 4.74. The van der Waals surface area contributed by atoms with Crippen LogP contribution in [-0.4, -0.2) is 6.79 Å². The quantitative estimate of drug-likeness (QED) is 0.918. The molecule has 1 unspecified atom stereocenters. The van der Waals surface area contributed by atoms with Crippen LogP contribution in [0.25, 0.3) is 0 Å². The predicted octanol–water partition coefficient (Wildman–Crippen LogP) is 3.89. The Labute approximate surface area is 117 Å². The lowest BCUT2D eigenvalue weighted by atomic mass is 10.1. The first kappa shape index (κ1) is 12.5. The summed E-state index contributed by atoms with van der Waals surface area (Å²) >= 11 is 1.78. The molecule has 0 radical (unpaired) electrons. The molecular weight excluding hydrogens is 258 g/mol. The zero-order chi connectivity index (χ0) is 13.2. The van der Waals surface area contributed by atoms with Crippen molar-refractivity contribution in [2.24, 2.45) is 0 Å². The Hall–Kier alpha value is -1.52. The van der Waals surface area contributed by atoms with Crippen LogP contribution in [0.4, 0.5) is 0 Å². The van der Waals surface area contributed by atoms with E-state index in [1.54, 1.807) is 11.3 Å².